The number of nitrogens with zero attached hydrogens (tertiary/aromatic N) is 3. The molecule has 0 bridgehead atoms. The number of anilines is 2. The van der Waals surface area contributed by atoms with Crippen LogP contribution >= 0.6 is 0 Å². The quantitative estimate of drug-likeness (QED) is 0.870. The van der Waals surface area contributed by atoms with Crippen molar-refractivity contribution in [2.75, 3.05) is 37.5 Å². The lowest BCUT2D eigenvalue weighted by molar-refractivity contribution is -0.00558. The van der Waals surface area contributed by atoms with Gasteiger partial charge in [0.15, 0.2) is 11.6 Å². The number of nitrogens with one attached hydrogen (secondary N) is 1. The molecule has 18 heavy (non-hydrogen) atoms. The van der Waals surface area contributed by atoms with E-state index in [4.69, 9.17) is 9.47 Å². The first kappa shape index (κ1) is 12.9. The standard InChI is InChI=1S/C12H20N4O2/c1-8-5-16(6-9(2)18-8)12-10(17-4)11(13-3)14-7-15-12/h7-9H,5-6H2,1-4H3,(H,13,14,15). The van der Waals surface area contributed by atoms with Crippen molar-refractivity contribution in [2.24, 2.45) is 0 Å². The summed E-state index contributed by atoms with van der Waals surface area (Å²) < 4.78 is 11.1. The van der Waals surface area contributed by atoms with E-state index >= 15 is 0 Å². The zero-order valence-electron chi connectivity index (χ0n) is 11.3. The van der Waals surface area contributed by atoms with Crippen LogP contribution in [0.2, 0.25) is 0 Å². The van der Waals surface area contributed by atoms with Crippen LogP contribution in [-0.4, -0.2) is 49.4 Å². The SMILES string of the molecule is CNc1ncnc(N2CC(C)OC(C)C2)c1OC. The molecule has 2 unspecified atom stereocenters. The first-order chi connectivity index (χ1) is 8.65. The molecule has 6 heteroatoms. The highest BCUT2D eigenvalue weighted by Gasteiger charge is 2.26. The summed E-state index contributed by atoms with van der Waals surface area (Å²) in [6, 6.07) is 0. The molecule has 2 heterocycles. The van der Waals surface area contributed by atoms with Gasteiger partial charge in [0.05, 0.1) is 19.3 Å². The van der Waals surface area contributed by atoms with Crippen LogP contribution in [0.15, 0.2) is 6.33 Å². The summed E-state index contributed by atoms with van der Waals surface area (Å²) in [5, 5.41) is 3.01. The number of morpholine rings is 1. The fourth-order valence-electron chi connectivity index (χ4n) is 2.31. The Morgan fingerprint density at radius 2 is 2.00 bits per heavy atom. The zero-order valence-corrected chi connectivity index (χ0v) is 11.3. The van der Waals surface area contributed by atoms with Crippen LogP contribution < -0.4 is 15.0 Å². The van der Waals surface area contributed by atoms with Crippen LogP contribution in [0.1, 0.15) is 13.8 Å². The van der Waals surface area contributed by atoms with Crippen molar-refractivity contribution < 1.29 is 9.47 Å². The van der Waals surface area contributed by atoms with Crippen LogP contribution in [-0.2, 0) is 4.74 Å². The van der Waals surface area contributed by atoms with E-state index in [-0.39, 0.29) is 12.2 Å². The summed E-state index contributed by atoms with van der Waals surface area (Å²) >= 11 is 0. The van der Waals surface area contributed by atoms with Crippen LogP contribution in [0, 0.1) is 0 Å². The zero-order chi connectivity index (χ0) is 13.1. The summed E-state index contributed by atoms with van der Waals surface area (Å²) in [7, 11) is 3.45. The molecule has 0 saturated carbocycles. The van der Waals surface area contributed by atoms with E-state index in [9.17, 15) is 0 Å². The van der Waals surface area contributed by atoms with Gasteiger partial charge in [-0.3, -0.25) is 0 Å². The van der Waals surface area contributed by atoms with Crippen LogP contribution in [0.3, 0.4) is 0 Å². The molecule has 1 aliphatic rings. The Balaban J connectivity index is 2.32. The van der Waals surface area contributed by atoms with E-state index in [1.165, 1.54) is 0 Å². The fraction of sp³-hybridized carbons (Fsp3) is 0.667. The highest BCUT2D eigenvalue weighted by molar-refractivity contribution is 5.64. The molecule has 1 aliphatic heterocycles. The molecular weight excluding hydrogens is 232 g/mol. The average Bonchev–Trinajstić information content (AvgIpc) is 2.36. The van der Waals surface area contributed by atoms with Crippen LogP contribution in [0.25, 0.3) is 0 Å². The van der Waals surface area contributed by atoms with Gasteiger partial charge in [-0.25, -0.2) is 9.97 Å². The molecule has 6 nitrogen and oxygen atoms in total. The predicted octanol–water partition coefficient (Wildman–Crippen LogP) is 1.14. The van der Waals surface area contributed by atoms with Gasteiger partial charge in [0.1, 0.15) is 6.33 Å². The van der Waals surface area contributed by atoms with E-state index in [0.29, 0.717) is 11.6 Å². The minimum absolute atomic E-state index is 0.187. The minimum Gasteiger partial charge on any atom is -0.490 e. The lowest BCUT2D eigenvalue weighted by Gasteiger charge is -2.36. The van der Waals surface area contributed by atoms with E-state index in [1.54, 1.807) is 13.4 Å². The normalized spacial score (nSPS) is 23.9. The molecule has 0 aliphatic carbocycles. The fourth-order valence-corrected chi connectivity index (χ4v) is 2.31. The monoisotopic (exact) mass is 252 g/mol. The summed E-state index contributed by atoms with van der Waals surface area (Å²) in [5.74, 6) is 2.20. The number of methoxy groups -OCH3 is 1. The molecule has 1 saturated heterocycles. The van der Waals surface area contributed by atoms with Crippen molar-refractivity contribution in [3.05, 3.63) is 6.33 Å². The number of aromatic nitrogens is 2. The van der Waals surface area contributed by atoms with E-state index in [2.05, 4.69) is 34.0 Å². The number of hydrogen-bond donors (Lipinski definition) is 1. The van der Waals surface area contributed by atoms with Crippen molar-refractivity contribution in [1.82, 2.24) is 9.97 Å². The number of rotatable bonds is 3. The topological polar surface area (TPSA) is 59.5 Å². The smallest absolute Gasteiger partial charge is 0.204 e. The molecule has 0 amide bonds. The molecule has 0 radical (unpaired) electrons. The summed E-state index contributed by atoms with van der Waals surface area (Å²) in [5.41, 5.74) is 0. The van der Waals surface area contributed by atoms with Crippen molar-refractivity contribution >= 4 is 11.6 Å². The molecule has 1 aromatic rings. The highest BCUT2D eigenvalue weighted by atomic mass is 16.5. The summed E-state index contributed by atoms with van der Waals surface area (Å²) in [4.78, 5) is 10.7. The molecule has 0 aromatic carbocycles. The van der Waals surface area contributed by atoms with Crippen molar-refractivity contribution in [3.8, 4) is 5.75 Å². The van der Waals surface area contributed by atoms with Gasteiger partial charge in [-0.05, 0) is 13.8 Å². The van der Waals surface area contributed by atoms with Crippen molar-refractivity contribution in [2.45, 2.75) is 26.1 Å². The highest BCUT2D eigenvalue weighted by Crippen LogP contribution is 2.32. The Labute approximate surface area is 107 Å². The third-order valence-corrected chi connectivity index (χ3v) is 2.95. The average molecular weight is 252 g/mol. The molecule has 100 valence electrons. The van der Waals surface area contributed by atoms with Crippen molar-refractivity contribution in [1.29, 1.82) is 0 Å². The molecule has 2 rings (SSSR count). The molecular formula is C12H20N4O2. The first-order valence-corrected chi connectivity index (χ1v) is 6.12. The summed E-state index contributed by atoms with van der Waals surface area (Å²) in [6.45, 7) is 5.74. The molecule has 2 atom stereocenters. The van der Waals surface area contributed by atoms with Gasteiger partial charge in [0.25, 0.3) is 0 Å². The van der Waals surface area contributed by atoms with Gasteiger partial charge in [0.2, 0.25) is 5.75 Å². The Morgan fingerprint density at radius 3 is 2.56 bits per heavy atom. The molecule has 1 N–H and O–H groups in total. The lowest BCUT2D eigenvalue weighted by Crippen LogP contribution is -2.46. The second kappa shape index (κ2) is 5.39. The molecule has 1 aromatic heterocycles. The van der Waals surface area contributed by atoms with Gasteiger partial charge in [-0.1, -0.05) is 0 Å². The molecule has 1 fully saturated rings. The Morgan fingerprint density at radius 1 is 1.33 bits per heavy atom. The van der Waals surface area contributed by atoms with Gasteiger partial charge in [0, 0.05) is 20.1 Å². The number of ether oxygens (including phenoxy) is 2. The largest absolute Gasteiger partial charge is 0.490 e. The van der Waals surface area contributed by atoms with E-state index in [0.717, 1.165) is 18.9 Å². The Bertz CT molecular complexity index is 403. The third kappa shape index (κ3) is 2.48. The first-order valence-electron chi connectivity index (χ1n) is 6.12. The Hall–Kier alpha value is -1.56. The predicted molar refractivity (Wildman–Crippen MR) is 70.4 cm³/mol. The van der Waals surface area contributed by atoms with Gasteiger partial charge >= 0.3 is 0 Å². The lowest BCUT2D eigenvalue weighted by atomic mass is 10.2. The van der Waals surface area contributed by atoms with Crippen LogP contribution in [0.4, 0.5) is 11.6 Å². The van der Waals surface area contributed by atoms with E-state index in [1.807, 2.05) is 7.05 Å². The summed E-state index contributed by atoms with van der Waals surface area (Å²) in [6.07, 6.45) is 1.92. The van der Waals surface area contributed by atoms with Gasteiger partial charge in [-0.2, -0.15) is 0 Å². The molecule has 0 spiro atoms. The van der Waals surface area contributed by atoms with Crippen LogP contribution in [0.5, 0.6) is 5.75 Å². The van der Waals surface area contributed by atoms with E-state index < -0.39 is 0 Å². The van der Waals surface area contributed by atoms with Gasteiger partial charge < -0.3 is 19.7 Å². The Kier molecular flexibility index (Phi) is 3.86. The van der Waals surface area contributed by atoms with Crippen molar-refractivity contribution in [3.63, 3.8) is 0 Å². The number of hydrogen-bond acceptors (Lipinski definition) is 6. The van der Waals surface area contributed by atoms with Gasteiger partial charge in [-0.15, -0.1) is 0 Å². The maximum absolute atomic E-state index is 5.73. The minimum atomic E-state index is 0.187. The maximum atomic E-state index is 5.73. The maximum Gasteiger partial charge on any atom is 0.204 e. The third-order valence-electron chi connectivity index (χ3n) is 2.95. The second-order valence-corrected chi connectivity index (χ2v) is 4.49. The second-order valence-electron chi connectivity index (χ2n) is 4.49.